The highest BCUT2D eigenvalue weighted by molar-refractivity contribution is 9.10. The van der Waals surface area contributed by atoms with Crippen LogP contribution in [0.4, 0.5) is 0 Å². The van der Waals surface area contributed by atoms with Crippen molar-refractivity contribution in [1.29, 1.82) is 0 Å². The molecule has 4 nitrogen and oxygen atoms in total. The Balaban J connectivity index is 1.59. The molecule has 0 fully saturated rings. The van der Waals surface area contributed by atoms with Gasteiger partial charge in [0.1, 0.15) is 11.5 Å². The van der Waals surface area contributed by atoms with Crippen molar-refractivity contribution in [3.05, 3.63) is 94.0 Å². The van der Waals surface area contributed by atoms with Crippen LogP contribution in [0.2, 0.25) is 0 Å². The van der Waals surface area contributed by atoms with Gasteiger partial charge >= 0.3 is 0 Å². The van der Waals surface area contributed by atoms with E-state index in [9.17, 15) is 0 Å². The van der Waals surface area contributed by atoms with E-state index in [0.717, 1.165) is 44.8 Å². The fraction of sp³-hybridized carbons (Fsp3) is 0.174. The van der Waals surface area contributed by atoms with Crippen molar-refractivity contribution >= 4 is 21.6 Å². The number of fused-ring (bicyclic) bond motifs is 3. The molecule has 0 saturated heterocycles. The number of halogens is 1. The number of methoxy groups -OCH3 is 1. The van der Waals surface area contributed by atoms with E-state index in [1.807, 2.05) is 42.5 Å². The summed E-state index contributed by atoms with van der Waals surface area (Å²) in [5.41, 5.74) is 4.45. The summed E-state index contributed by atoms with van der Waals surface area (Å²) < 4.78 is 12.7. The van der Waals surface area contributed by atoms with E-state index >= 15 is 0 Å². The molecule has 2 atom stereocenters. The van der Waals surface area contributed by atoms with E-state index in [1.165, 1.54) is 0 Å². The second-order valence-electron chi connectivity index (χ2n) is 6.94. The van der Waals surface area contributed by atoms with E-state index in [2.05, 4.69) is 51.3 Å². The van der Waals surface area contributed by atoms with Crippen molar-refractivity contribution in [2.24, 2.45) is 5.10 Å². The second kappa shape index (κ2) is 6.99. The molecular weight excluding hydrogens is 416 g/mol. The van der Waals surface area contributed by atoms with Crippen LogP contribution < -0.4 is 9.47 Å². The number of nitrogens with zero attached hydrogens (tertiary/aromatic N) is 2. The van der Waals surface area contributed by atoms with Gasteiger partial charge in [-0.3, -0.25) is 0 Å². The first-order valence-corrected chi connectivity index (χ1v) is 10.0. The molecule has 3 aromatic rings. The average molecular weight is 435 g/mol. The summed E-state index contributed by atoms with van der Waals surface area (Å²) in [7, 11) is 1.67. The molecule has 0 amide bonds. The van der Waals surface area contributed by atoms with Gasteiger partial charge in [0.25, 0.3) is 0 Å². The summed E-state index contributed by atoms with van der Waals surface area (Å²) in [6.45, 7) is 0. The van der Waals surface area contributed by atoms with Crippen LogP contribution in [0, 0.1) is 0 Å². The molecule has 0 bridgehead atoms. The van der Waals surface area contributed by atoms with E-state index < -0.39 is 0 Å². The monoisotopic (exact) mass is 434 g/mol. The van der Waals surface area contributed by atoms with E-state index in [-0.39, 0.29) is 12.3 Å². The summed E-state index contributed by atoms with van der Waals surface area (Å²) in [5, 5.41) is 7.08. The first-order chi connectivity index (χ1) is 13.7. The number of hydrogen-bond acceptors (Lipinski definition) is 4. The summed E-state index contributed by atoms with van der Waals surface area (Å²) in [5.74, 6) is 1.74. The van der Waals surface area contributed by atoms with Crippen LogP contribution in [-0.4, -0.2) is 17.8 Å². The Kier molecular flexibility index (Phi) is 4.32. The van der Waals surface area contributed by atoms with Gasteiger partial charge in [-0.15, -0.1) is 0 Å². The van der Waals surface area contributed by atoms with E-state index in [0.29, 0.717) is 0 Å². The predicted octanol–water partition coefficient (Wildman–Crippen LogP) is 5.70. The van der Waals surface area contributed by atoms with Crippen LogP contribution in [0.25, 0.3) is 0 Å². The number of ether oxygens (including phenoxy) is 2. The van der Waals surface area contributed by atoms with Crippen LogP contribution in [-0.2, 0) is 0 Å². The Morgan fingerprint density at radius 3 is 2.57 bits per heavy atom. The van der Waals surface area contributed by atoms with Gasteiger partial charge < -0.3 is 9.47 Å². The third-order valence-corrected chi connectivity index (χ3v) is 5.75. The van der Waals surface area contributed by atoms with Gasteiger partial charge in [0.15, 0.2) is 0 Å². The lowest BCUT2D eigenvalue weighted by Gasteiger charge is -2.38. The van der Waals surface area contributed by atoms with Gasteiger partial charge in [0.05, 0.1) is 18.9 Å². The maximum absolute atomic E-state index is 6.40. The van der Waals surface area contributed by atoms with Crippen molar-refractivity contribution in [1.82, 2.24) is 5.01 Å². The second-order valence-corrected chi connectivity index (χ2v) is 7.85. The number of hydrogen-bond donors (Lipinski definition) is 0. The van der Waals surface area contributed by atoms with Crippen molar-refractivity contribution in [2.75, 3.05) is 7.11 Å². The van der Waals surface area contributed by atoms with Gasteiger partial charge in [-0.25, -0.2) is 5.01 Å². The number of hydrazone groups is 1. The van der Waals surface area contributed by atoms with Crippen molar-refractivity contribution in [3.8, 4) is 11.5 Å². The highest BCUT2D eigenvalue weighted by Crippen LogP contribution is 2.48. The molecule has 0 N–H and O–H groups in total. The van der Waals surface area contributed by atoms with Gasteiger partial charge in [-0.1, -0.05) is 46.3 Å². The zero-order valence-electron chi connectivity index (χ0n) is 15.4. The Morgan fingerprint density at radius 1 is 1.04 bits per heavy atom. The standard InChI is InChI=1S/C23H19BrN2O2/c1-27-18-10-7-16(8-11-18)23-26-21(19-13-17(24)9-12-22(19)28-23)14-20(25-26)15-5-3-2-4-6-15/h2-13,21,23H,14H2,1H3. The molecule has 0 radical (unpaired) electrons. The topological polar surface area (TPSA) is 34.1 Å². The van der Waals surface area contributed by atoms with E-state index in [1.54, 1.807) is 7.11 Å². The fourth-order valence-electron chi connectivity index (χ4n) is 3.85. The summed E-state index contributed by atoms with van der Waals surface area (Å²) >= 11 is 3.60. The van der Waals surface area contributed by atoms with Gasteiger partial charge in [0.2, 0.25) is 6.23 Å². The minimum atomic E-state index is -0.272. The molecule has 0 saturated carbocycles. The third-order valence-electron chi connectivity index (χ3n) is 5.26. The maximum Gasteiger partial charge on any atom is 0.213 e. The van der Waals surface area contributed by atoms with Crippen molar-refractivity contribution in [2.45, 2.75) is 18.7 Å². The molecule has 5 rings (SSSR count). The smallest absolute Gasteiger partial charge is 0.213 e. The van der Waals surface area contributed by atoms with Crippen LogP contribution >= 0.6 is 15.9 Å². The molecule has 0 aliphatic carbocycles. The first-order valence-electron chi connectivity index (χ1n) is 9.24. The lowest BCUT2D eigenvalue weighted by molar-refractivity contribution is -0.0191. The number of rotatable bonds is 3. The molecule has 2 heterocycles. The summed E-state index contributed by atoms with van der Waals surface area (Å²) in [6, 6.07) is 24.7. The SMILES string of the molecule is COc1ccc(C2Oc3ccc(Br)cc3C3CC(c4ccccc4)=NN32)cc1. The van der Waals surface area contributed by atoms with Crippen molar-refractivity contribution in [3.63, 3.8) is 0 Å². The van der Waals surface area contributed by atoms with Gasteiger partial charge in [-0.2, -0.15) is 5.10 Å². The van der Waals surface area contributed by atoms with E-state index in [4.69, 9.17) is 14.6 Å². The first kappa shape index (κ1) is 17.3. The quantitative estimate of drug-likeness (QED) is 0.529. The molecule has 0 spiro atoms. The molecule has 3 aromatic carbocycles. The molecule has 28 heavy (non-hydrogen) atoms. The lowest BCUT2D eigenvalue weighted by atomic mass is 9.96. The molecule has 2 aliphatic rings. The molecular formula is C23H19BrN2O2. The predicted molar refractivity (Wildman–Crippen MR) is 113 cm³/mol. The highest BCUT2D eigenvalue weighted by Gasteiger charge is 2.41. The average Bonchev–Trinajstić information content (AvgIpc) is 3.20. The molecule has 0 aromatic heterocycles. The Hall–Kier alpha value is -2.79. The lowest BCUT2D eigenvalue weighted by Crippen LogP contribution is -2.33. The molecule has 2 aliphatic heterocycles. The highest BCUT2D eigenvalue weighted by atomic mass is 79.9. The molecule has 140 valence electrons. The Bertz CT molecular complexity index is 1030. The zero-order valence-corrected chi connectivity index (χ0v) is 17.0. The van der Waals surface area contributed by atoms with Crippen LogP contribution in [0.3, 0.4) is 0 Å². The van der Waals surface area contributed by atoms with Crippen molar-refractivity contribution < 1.29 is 9.47 Å². The van der Waals surface area contributed by atoms with Crippen LogP contribution in [0.15, 0.2) is 82.4 Å². The maximum atomic E-state index is 6.40. The Labute approximate surface area is 172 Å². The van der Waals surface area contributed by atoms with Gasteiger partial charge in [-0.05, 0) is 48.0 Å². The minimum absolute atomic E-state index is 0.142. The fourth-order valence-corrected chi connectivity index (χ4v) is 4.23. The molecule has 5 heteroatoms. The van der Waals surface area contributed by atoms with Crippen LogP contribution in [0.5, 0.6) is 11.5 Å². The molecule has 2 unspecified atom stereocenters. The normalized spacial score (nSPS) is 20.1. The number of benzene rings is 3. The third kappa shape index (κ3) is 2.96. The summed E-state index contributed by atoms with van der Waals surface area (Å²) in [6.07, 6.45) is 0.578. The summed E-state index contributed by atoms with van der Waals surface area (Å²) in [4.78, 5) is 0. The largest absolute Gasteiger partial charge is 0.497 e. The minimum Gasteiger partial charge on any atom is -0.497 e. The van der Waals surface area contributed by atoms with Crippen LogP contribution in [0.1, 0.15) is 35.4 Å². The van der Waals surface area contributed by atoms with Gasteiger partial charge in [0, 0.05) is 22.0 Å². The zero-order chi connectivity index (χ0) is 19.1. The Morgan fingerprint density at radius 2 is 1.82 bits per heavy atom.